The minimum atomic E-state index is -0.203. The molecule has 1 aliphatic carbocycles. The summed E-state index contributed by atoms with van der Waals surface area (Å²) >= 11 is 0. The van der Waals surface area contributed by atoms with Gasteiger partial charge in [0.05, 0.1) is 13.0 Å². The molecule has 1 atom stereocenters. The van der Waals surface area contributed by atoms with Crippen molar-refractivity contribution in [2.75, 3.05) is 12.4 Å². The Kier molecular flexibility index (Phi) is 4.20. The summed E-state index contributed by atoms with van der Waals surface area (Å²) in [5.41, 5.74) is 1.87. The smallest absolute Gasteiger partial charge is 0.308 e. The van der Waals surface area contributed by atoms with Crippen molar-refractivity contribution in [1.82, 2.24) is 0 Å². The fourth-order valence-electron chi connectivity index (χ4n) is 1.95. The van der Waals surface area contributed by atoms with E-state index in [0.717, 1.165) is 24.1 Å². The Morgan fingerprint density at radius 1 is 1.32 bits per heavy atom. The van der Waals surface area contributed by atoms with Crippen molar-refractivity contribution in [3.63, 3.8) is 0 Å². The molecule has 0 saturated heterocycles. The van der Waals surface area contributed by atoms with Crippen LogP contribution in [0.25, 0.3) is 0 Å². The molecule has 0 heterocycles. The maximum Gasteiger partial charge on any atom is 0.308 e. The van der Waals surface area contributed by atoms with Crippen LogP contribution in [0.3, 0.4) is 0 Å². The normalized spacial score (nSPS) is 15.7. The van der Waals surface area contributed by atoms with E-state index >= 15 is 0 Å². The number of ether oxygens (including phenoxy) is 1. The Morgan fingerprint density at radius 2 is 1.95 bits per heavy atom. The van der Waals surface area contributed by atoms with Crippen LogP contribution < -0.4 is 5.32 Å². The van der Waals surface area contributed by atoms with E-state index in [-0.39, 0.29) is 23.7 Å². The molecule has 2 rings (SSSR count). The molecule has 1 N–H and O–H groups in total. The van der Waals surface area contributed by atoms with Crippen molar-refractivity contribution in [3.05, 3.63) is 29.8 Å². The number of carbonyl (C=O) groups is 2. The first-order valence-corrected chi connectivity index (χ1v) is 6.57. The average Bonchev–Trinajstić information content (AvgIpc) is 3.24. The molecular weight excluding hydrogens is 242 g/mol. The molecule has 1 aromatic rings. The van der Waals surface area contributed by atoms with Gasteiger partial charge in [-0.25, -0.2) is 0 Å². The number of amides is 1. The first kappa shape index (κ1) is 13.6. The number of esters is 1. The highest BCUT2D eigenvalue weighted by Crippen LogP contribution is 2.30. The highest BCUT2D eigenvalue weighted by Gasteiger charge is 2.29. The van der Waals surface area contributed by atoms with E-state index in [2.05, 4.69) is 5.32 Å². The molecule has 0 unspecified atom stereocenters. The van der Waals surface area contributed by atoms with Crippen LogP contribution in [0.5, 0.6) is 0 Å². The molecule has 0 aromatic heterocycles. The third-order valence-electron chi connectivity index (χ3n) is 3.32. The van der Waals surface area contributed by atoms with Gasteiger partial charge < -0.3 is 10.1 Å². The summed E-state index contributed by atoms with van der Waals surface area (Å²) in [6.45, 7) is 1.84. The van der Waals surface area contributed by atoms with Gasteiger partial charge in [0.15, 0.2) is 0 Å². The Balaban J connectivity index is 1.90. The van der Waals surface area contributed by atoms with Gasteiger partial charge in [0.1, 0.15) is 0 Å². The number of hydrogen-bond donors (Lipinski definition) is 1. The number of benzene rings is 1. The van der Waals surface area contributed by atoms with Crippen molar-refractivity contribution < 1.29 is 14.3 Å². The third-order valence-corrected chi connectivity index (χ3v) is 3.32. The molecule has 0 aliphatic heterocycles. The molecule has 1 aliphatic rings. The predicted octanol–water partition coefficient (Wildman–Crippen LogP) is 2.39. The largest absolute Gasteiger partial charge is 0.469 e. The van der Waals surface area contributed by atoms with Gasteiger partial charge >= 0.3 is 5.97 Å². The summed E-state index contributed by atoms with van der Waals surface area (Å²) in [5.74, 6) is -0.0438. The van der Waals surface area contributed by atoms with Crippen molar-refractivity contribution in [1.29, 1.82) is 0 Å². The first-order valence-electron chi connectivity index (χ1n) is 6.57. The fraction of sp³-hybridized carbons (Fsp3) is 0.467. The van der Waals surface area contributed by atoms with Gasteiger partial charge in [-0.05, 0) is 37.0 Å². The minimum Gasteiger partial charge on any atom is -0.469 e. The number of anilines is 1. The van der Waals surface area contributed by atoms with Crippen molar-refractivity contribution in [3.8, 4) is 0 Å². The van der Waals surface area contributed by atoms with E-state index in [9.17, 15) is 9.59 Å². The van der Waals surface area contributed by atoms with Crippen LogP contribution in [0.2, 0.25) is 0 Å². The second-order valence-electron chi connectivity index (χ2n) is 5.09. The Labute approximate surface area is 113 Å². The average molecular weight is 261 g/mol. The van der Waals surface area contributed by atoms with Crippen LogP contribution in [0, 0.1) is 11.8 Å². The topological polar surface area (TPSA) is 55.4 Å². The summed E-state index contributed by atoms with van der Waals surface area (Å²) in [5, 5.41) is 2.89. The van der Waals surface area contributed by atoms with Gasteiger partial charge in [-0.15, -0.1) is 0 Å². The number of rotatable bonds is 5. The van der Waals surface area contributed by atoms with E-state index < -0.39 is 0 Å². The monoisotopic (exact) mass is 261 g/mol. The van der Waals surface area contributed by atoms with Crippen LogP contribution >= 0.6 is 0 Å². The van der Waals surface area contributed by atoms with Crippen molar-refractivity contribution >= 4 is 17.6 Å². The lowest BCUT2D eigenvalue weighted by molar-refractivity contribution is -0.144. The summed E-state index contributed by atoms with van der Waals surface area (Å²) < 4.78 is 4.70. The lowest BCUT2D eigenvalue weighted by Gasteiger charge is -2.10. The van der Waals surface area contributed by atoms with Crippen molar-refractivity contribution in [2.24, 2.45) is 11.8 Å². The zero-order chi connectivity index (χ0) is 13.8. The van der Waals surface area contributed by atoms with Crippen LogP contribution in [0.1, 0.15) is 25.3 Å². The third kappa shape index (κ3) is 3.81. The maximum atomic E-state index is 11.6. The number of nitrogens with one attached hydrogen (secondary N) is 1. The lowest BCUT2D eigenvalue weighted by atomic mass is 10.0. The van der Waals surface area contributed by atoms with Gasteiger partial charge in [-0.2, -0.15) is 0 Å². The summed E-state index contributed by atoms with van der Waals surface area (Å²) in [4.78, 5) is 22.9. The zero-order valence-corrected chi connectivity index (χ0v) is 11.3. The molecule has 1 aromatic carbocycles. The molecule has 4 heteroatoms. The lowest BCUT2D eigenvalue weighted by Crippen LogP contribution is -2.15. The molecule has 1 saturated carbocycles. The Morgan fingerprint density at radius 3 is 2.47 bits per heavy atom. The van der Waals surface area contributed by atoms with E-state index in [1.807, 2.05) is 31.2 Å². The highest BCUT2D eigenvalue weighted by molar-refractivity contribution is 5.94. The van der Waals surface area contributed by atoms with Gasteiger partial charge in [0, 0.05) is 11.6 Å². The van der Waals surface area contributed by atoms with Crippen LogP contribution in [0.4, 0.5) is 5.69 Å². The van der Waals surface area contributed by atoms with Crippen LogP contribution in [-0.2, 0) is 20.7 Å². The molecule has 102 valence electrons. The molecule has 1 amide bonds. The molecular formula is C15H19NO3. The first-order chi connectivity index (χ1) is 9.10. The van der Waals surface area contributed by atoms with E-state index in [4.69, 9.17) is 4.74 Å². The molecule has 19 heavy (non-hydrogen) atoms. The Hall–Kier alpha value is -1.84. The van der Waals surface area contributed by atoms with Gasteiger partial charge in [-0.3, -0.25) is 9.59 Å². The van der Waals surface area contributed by atoms with Crippen LogP contribution in [-0.4, -0.2) is 19.0 Å². The van der Waals surface area contributed by atoms with Crippen molar-refractivity contribution in [2.45, 2.75) is 26.2 Å². The standard InChI is InChI=1S/C15H19NO3/c1-10(15(18)19-2)9-11-3-7-13(8-4-11)16-14(17)12-5-6-12/h3-4,7-8,10,12H,5-6,9H2,1-2H3,(H,16,17)/t10-/m0/s1. The second-order valence-corrected chi connectivity index (χ2v) is 5.09. The maximum absolute atomic E-state index is 11.6. The summed E-state index contributed by atoms with van der Waals surface area (Å²) in [6, 6.07) is 7.61. The predicted molar refractivity (Wildman–Crippen MR) is 72.7 cm³/mol. The Bertz CT molecular complexity index is 463. The number of methoxy groups -OCH3 is 1. The quantitative estimate of drug-likeness (QED) is 0.828. The van der Waals surface area contributed by atoms with Crippen LogP contribution in [0.15, 0.2) is 24.3 Å². The minimum absolute atomic E-state index is 0.107. The summed E-state index contributed by atoms with van der Waals surface area (Å²) in [6.07, 6.45) is 2.64. The molecule has 4 nitrogen and oxygen atoms in total. The highest BCUT2D eigenvalue weighted by atomic mass is 16.5. The van der Waals surface area contributed by atoms with E-state index in [1.54, 1.807) is 0 Å². The summed E-state index contributed by atoms with van der Waals surface area (Å²) in [7, 11) is 1.40. The fourth-order valence-corrected chi connectivity index (χ4v) is 1.95. The number of hydrogen-bond acceptors (Lipinski definition) is 3. The van der Waals surface area contributed by atoms with Gasteiger partial charge in [-0.1, -0.05) is 19.1 Å². The SMILES string of the molecule is COC(=O)[C@@H](C)Cc1ccc(NC(=O)C2CC2)cc1. The van der Waals surface area contributed by atoms with E-state index in [1.165, 1.54) is 7.11 Å². The zero-order valence-electron chi connectivity index (χ0n) is 11.3. The number of carbonyl (C=O) groups excluding carboxylic acids is 2. The second kappa shape index (κ2) is 5.87. The van der Waals surface area contributed by atoms with E-state index in [0.29, 0.717) is 6.42 Å². The molecule has 0 spiro atoms. The van der Waals surface area contributed by atoms with Gasteiger partial charge in [0.25, 0.3) is 0 Å². The molecule has 0 bridgehead atoms. The molecule has 1 fully saturated rings. The molecule has 0 radical (unpaired) electrons. The van der Waals surface area contributed by atoms with Gasteiger partial charge in [0.2, 0.25) is 5.91 Å².